The average Bonchev–Trinajstić information content (AvgIpc) is 2.81. The molecule has 0 spiro atoms. The Hall–Kier alpha value is -1.34. The Morgan fingerprint density at radius 2 is 2.06 bits per heavy atom. The summed E-state index contributed by atoms with van der Waals surface area (Å²) in [5, 5.41) is 3.66. The molecule has 2 aliphatic carbocycles. The van der Waals surface area contributed by atoms with Crippen molar-refractivity contribution in [3.05, 3.63) is 54.6 Å². The van der Waals surface area contributed by atoms with Crippen molar-refractivity contribution in [2.75, 3.05) is 6.54 Å². The first-order valence-corrected chi connectivity index (χ1v) is 7.00. The fourth-order valence-electron chi connectivity index (χ4n) is 3.51. The van der Waals surface area contributed by atoms with E-state index in [1.807, 2.05) is 6.08 Å². The summed E-state index contributed by atoms with van der Waals surface area (Å²) >= 11 is 0. The minimum absolute atomic E-state index is 0.518. The van der Waals surface area contributed by atoms with E-state index in [9.17, 15) is 0 Å². The number of rotatable bonds is 4. The summed E-state index contributed by atoms with van der Waals surface area (Å²) in [4.78, 5) is 0. The average molecular weight is 239 g/mol. The highest BCUT2D eigenvalue weighted by Gasteiger charge is 2.36. The molecule has 0 saturated heterocycles. The van der Waals surface area contributed by atoms with Crippen molar-refractivity contribution in [1.29, 1.82) is 0 Å². The van der Waals surface area contributed by atoms with Crippen LogP contribution in [0.1, 0.15) is 24.8 Å². The highest BCUT2D eigenvalue weighted by atomic mass is 14.9. The van der Waals surface area contributed by atoms with Crippen LogP contribution < -0.4 is 5.32 Å². The lowest BCUT2D eigenvalue weighted by Gasteiger charge is -2.31. The van der Waals surface area contributed by atoms with Crippen LogP contribution in [-0.2, 0) is 0 Å². The molecular formula is C17H21N. The molecule has 0 aliphatic heterocycles. The summed E-state index contributed by atoms with van der Waals surface area (Å²) in [6, 6.07) is 11.4. The Labute approximate surface area is 110 Å². The Bertz CT molecular complexity index is 446. The van der Waals surface area contributed by atoms with Crippen molar-refractivity contribution >= 4 is 5.57 Å². The van der Waals surface area contributed by atoms with Gasteiger partial charge in [0, 0.05) is 12.6 Å². The minimum atomic E-state index is 0.518. The van der Waals surface area contributed by atoms with Crippen molar-refractivity contribution < 1.29 is 0 Å². The molecule has 1 saturated carbocycles. The summed E-state index contributed by atoms with van der Waals surface area (Å²) in [5.74, 6) is 1.63. The minimum Gasteiger partial charge on any atom is -0.306 e. The van der Waals surface area contributed by atoms with E-state index in [0.29, 0.717) is 6.04 Å². The summed E-state index contributed by atoms with van der Waals surface area (Å²) in [5.41, 5.74) is 2.90. The van der Waals surface area contributed by atoms with Crippen molar-refractivity contribution in [3.63, 3.8) is 0 Å². The lowest BCUT2D eigenvalue weighted by Crippen LogP contribution is -2.38. The first kappa shape index (κ1) is 11.7. The number of nitrogens with one attached hydrogen (secondary N) is 1. The molecular weight excluding hydrogens is 218 g/mol. The van der Waals surface area contributed by atoms with Gasteiger partial charge in [-0.1, -0.05) is 42.5 Å². The lowest BCUT2D eigenvalue weighted by atomic mass is 9.81. The SMILES string of the molecule is C=CCN[C@@H]1C(c2ccccc2)=CC2CCC1C2. The van der Waals surface area contributed by atoms with Crippen molar-refractivity contribution in [2.24, 2.45) is 11.8 Å². The number of fused-ring (bicyclic) bond motifs is 2. The van der Waals surface area contributed by atoms with E-state index >= 15 is 0 Å². The number of allylic oxidation sites excluding steroid dienone is 1. The molecule has 1 N–H and O–H groups in total. The molecule has 3 atom stereocenters. The Morgan fingerprint density at radius 3 is 2.83 bits per heavy atom. The standard InChI is InChI=1S/C17H21N/c1-2-10-18-17-15-9-8-13(11-15)12-16(17)14-6-4-3-5-7-14/h2-7,12-13,15,17-18H,1,8-11H2/t13?,15?,17-/m0/s1. The first-order chi connectivity index (χ1) is 8.88. The van der Waals surface area contributed by atoms with Crippen LogP contribution in [0.25, 0.3) is 5.57 Å². The van der Waals surface area contributed by atoms with Gasteiger partial charge in [0.25, 0.3) is 0 Å². The first-order valence-electron chi connectivity index (χ1n) is 7.00. The molecule has 2 unspecified atom stereocenters. The quantitative estimate of drug-likeness (QED) is 0.791. The molecule has 18 heavy (non-hydrogen) atoms. The van der Waals surface area contributed by atoms with Gasteiger partial charge >= 0.3 is 0 Å². The molecule has 0 amide bonds. The zero-order valence-electron chi connectivity index (χ0n) is 10.8. The highest BCUT2D eigenvalue weighted by Crippen LogP contribution is 2.44. The molecule has 1 fully saturated rings. The van der Waals surface area contributed by atoms with Crippen LogP contribution in [0.15, 0.2) is 49.1 Å². The number of hydrogen-bond acceptors (Lipinski definition) is 1. The van der Waals surface area contributed by atoms with Crippen LogP contribution in [-0.4, -0.2) is 12.6 Å². The third-order valence-electron chi connectivity index (χ3n) is 4.32. The van der Waals surface area contributed by atoms with E-state index < -0.39 is 0 Å². The Morgan fingerprint density at radius 1 is 1.22 bits per heavy atom. The van der Waals surface area contributed by atoms with Crippen LogP contribution in [0.3, 0.4) is 0 Å². The summed E-state index contributed by atoms with van der Waals surface area (Å²) in [6.07, 6.45) is 8.58. The molecule has 3 rings (SSSR count). The largest absolute Gasteiger partial charge is 0.306 e. The molecule has 2 bridgehead atoms. The van der Waals surface area contributed by atoms with Crippen LogP contribution in [0, 0.1) is 11.8 Å². The Balaban J connectivity index is 1.91. The fraction of sp³-hybridized carbons (Fsp3) is 0.412. The molecule has 0 heterocycles. The third-order valence-corrected chi connectivity index (χ3v) is 4.32. The van der Waals surface area contributed by atoms with Crippen molar-refractivity contribution in [3.8, 4) is 0 Å². The number of benzene rings is 1. The molecule has 1 nitrogen and oxygen atoms in total. The maximum Gasteiger partial charge on any atom is 0.0354 e. The maximum absolute atomic E-state index is 3.82. The van der Waals surface area contributed by atoms with Crippen molar-refractivity contribution in [1.82, 2.24) is 5.32 Å². The zero-order chi connectivity index (χ0) is 12.4. The van der Waals surface area contributed by atoms with Gasteiger partial charge in [-0.25, -0.2) is 0 Å². The van der Waals surface area contributed by atoms with E-state index in [-0.39, 0.29) is 0 Å². The monoisotopic (exact) mass is 239 g/mol. The molecule has 1 heteroatoms. The van der Waals surface area contributed by atoms with Gasteiger partial charge in [0.1, 0.15) is 0 Å². The molecule has 1 aromatic carbocycles. The van der Waals surface area contributed by atoms with Gasteiger partial charge in [0.15, 0.2) is 0 Å². The second-order valence-corrected chi connectivity index (χ2v) is 5.50. The summed E-state index contributed by atoms with van der Waals surface area (Å²) in [7, 11) is 0. The smallest absolute Gasteiger partial charge is 0.0354 e. The van der Waals surface area contributed by atoms with Crippen LogP contribution in [0.4, 0.5) is 0 Å². The predicted molar refractivity (Wildman–Crippen MR) is 77.2 cm³/mol. The molecule has 1 aromatic rings. The van der Waals surface area contributed by atoms with Crippen LogP contribution >= 0.6 is 0 Å². The fourth-order valence-corrected chi connectivity index (χ4v) is 3.51. The Kier molecular flexibility index (Phi) is 3.33. The van der Waals surface area contributed by atoms with Crippen molar-refractivity contribution in [2.45, 2.75) is 25.3 Å². The normalized spacial score (nSPS) is 30.0. The molecule has 0 radical (unpaired) electrons. The summed E-state index contributed by atoms with van der Waals surface area (Å²) < 4.78 is 0. The van der Waals surface area contributed by atoms with Gasteiger partial charge in [-0.05, 0) is 42.2 Å². The second kappa shape index (κ2) is 5.11. The van der Waals surface area contributed by atoms with Gasteiger partial charge < -0.3 is 5.32 Å². The van der Waals surface area contributed by atoms with Crippen LogP contribution in [0.5, 0.6) is 0 Å². The summed E-state index contributed by atoms with van der Waals surface area (Å²) in [6.45, 7) is 4.72. The van der Waals surface area contributed by atoms with E-state index in [1.54, 1.807) is 0 Å². The molecule has 94 valence electrons. The second-order valence-electron chi connectivity index (χ2n) is 5.50. The lowest BCUT2D eigenvalue weighted by molar-refractivity contribution is 0.417. The van der Waals surface area contributed by atoms with Gasteiger partial charge in [-0.2, -0.15) is 0 Å². The van der Waals surface area contributed by atoms with Crippen LogP contribution in [0.2, 0.25) is 0 Å². The van der Waals surface area contributed by atoms with Gasteiger partial charge in [0.2, 0.25) is 0 Å². The third kappa shape index (κ3) is 2.15. The van der Waals surface area contributed by atoms with E-state index in [4.69, 9.17) is 0 Å². The number of hydrogen-bond donors (Lipinski definition) is 1. The highest BCUT2D eigenvalue weighted by molar-refractivity contribution is 5.71. The molecule has 2 aliphatic rings. The van der Waals surface area contributed by atoms with Gasteiger partial charge in [-0.3, -0.25) is 0 Å². The van der Waals surface area contributed by atoms with E-state index in [0.717, 1.165) is 18.4 Å². The van der Waals surface area contributed by atoms with E-state index in [1.165, 1.54) is 30.4 Å². The molecule has 0 aromatic heterocycles. The van der Waals surface area contributed by atoms with E-state index in [2.05, 4.69) is 48.3 Å². The topological polar surface area (TPSA) is 12.0 Å². The predicted octanol–water partition coefficient (Wildman–Crippen LogP) is 3.64. The maximum atomic E-state index is 3.82. The zero-order valence-corrected chi connectivity index (χ0v) is 10.8. The van der Waals surface area contributed by atoms with Gasteiger partial charge in [-0.15, -0.1) is 6.58 Å². The van der Waals surface area contributed by atoms with Gasteiger partial charge in [0.05, 0.1) is 0 Å².